The molecular weight excluding hydrogens is 1470 g/mol. The molecule has 6 aromatic heterocycles. The summed E-state index contributed by atoms with van der Waals surface area (Å²) in [6.07, 6.45) is 0. The number of benzene rings is 17. The van der Waals surface area contributed by atoms with Crippen molar-refractivity contribution >= 4 is 195 Å². The predicted molar refractivity (Wildman–Crippen MR) is 483 cm³/mol. The van der Waals surface area contributed by atoms with Crippen molar-refractivity contribution in [2.75, 3.05) is 0 Å². The highest BCUT2D eigenvalue weighted by molar-refractivity contribution is 7.27. The molecule has 6 heterocycles. The van der Waals surface area contributed by atoms with Crippen molar-refractivity contribution in [3.05, 3.63) is 391 Å². The van der Waals surface area contributed by atoms with Crippen molar-refractivity contribution in [2.24, 2.45) is 0 Å². The smallest absolute Gasteiger partial charge is 0.0584 e. The van der Waals surface area contributed by atoms with E-state index in [2.05, 4.69) is 347 Å². The Morgan fingerprint density at radius 1 is 0.180 bits per heavy atom. The topological polar surface area (TPSA) is 14.8 Å². The molecule has 23 rings (SSSR count). The highest BCUT2D eigenvalue weighted by atomic mass is 35.5. The molecule has 0 aliphatic heterocycles. The number of fused-ring (bicyclic) bond motifs is 18. The maximum absolute atomic E-state index is 6.47. The van der Waals surface area contributed by atoms with Crippen molar-refractivity contribution in [3.8, 4) is 72.7 Å². The Bertz CT molecular complexity index is 7610. The second kappa shape index (κ2) is 27.7. The lowest BCUT2D eigenvalue weighted by Crippen LogP contribution is -1.93. The van der Waals surface area contributed by atoms with Crippen molar-refractivity contribution < 1.29 is 0 Å². The quantitative estimate of drug-likeness (QED) is 0.144. The average molecular weight is 1530 g/mol. The lowest BCUT2D eigenvalue weighted by atomic mass is 9.99. The molecule has 111 heavy (non-hydrogen) atoms. The van der Waals surface area contributed by atoms with E-state index < -0.39 is 0 Å². The first-order chi connectivity index (χ1) is 54.8. The van der Waals surface area contributed by atoms with E-state index in [0.717, 1.165) is 25.3 Å². The van der Waals surface area contributed by atoms with Gasteiger partial charge in [-0.25, -0.2) is 0 Å². The first-order valence-electron chi connectivity index (χ1n) is 37.1. The molecule has 0 aliphatic rings. The third-order valence-electron chi connectivity index (χ3n) is 21.8. The molecular formula is C102H62Cl3N3S3. The van der Waals surface area contributed by atoms with Gasteiger partial charge in [-0.15, -0.1) is 34.0 Å². The van der Waals surface area contributed by atoms with Crippen molar-refractivity contribution in [2.45, 2.75) is 0 Å². The summed E-state index contributed by atoms with van der Waals surface area (Å²) in [5.74, 6) is 0. The zero-order valence-corrected chi connectivity index (χ0v) is 64.2. The summed E-state index contributed by atoms with van der Waals surface area (Å²) in [7, 11) is 0. The molecule has 0 N–H and O–H groups in total. The number of hydrogen-bond donors (Lipinski definition) is 0. The van der Waals surface area contributed by atoms with Gasteiger partial charge < -0.3 is 13.7 Å². The van der Waals surface area contributed by atoms with Gasteiger partial charge in [-0.2, -0.15) is 0 Å². The zero-order chi connectivity index (χ0) is 73.8. The molecule has 23 aromatic rings. The van der Waals surface area contributed by atoms with E-state index in [-0.39, 0.29) is 0 Å². The van der Waals surface area contributed by atoms with Crippen LogP contribution in [-0.2, 0) is 0 Å². The van der Waals surface area contributed by atoms with Gasteiger partial charge in [0.1, 0.15) is 0 Å². The molecule has 3 nitrogen and oxygen atoms in total. The molecule has 0 fully saturated rings. The molecule has 0 saturated heterocycles. The highest BCUT2D eigenvalue weighted by Crippen LogP contribution is 2.47. The predicted octanol–water partition coefficient (Wildman–Crippen LogP) is 31.8. The van der Waals surface area contributed by atoms with Gasteiger partial charge in [0.25, 0.3) is 0 Å². The number of aromatic nitrogens is 3. The summed E-state index contributed by atoms with van der Waals surface area (Å²) in [5.41, 5.74) is 23.0. The van der Waals surface area contributed by atoms with Gasteiger partial charge in [-0.3, -0.25) is 0 Å². The minimum atomic E-state index is 0.759. The molecule has 17 aromatic carbocycles. The van der Waals surface area contributed by atoms with Crippen LogP contribution in [0.15, 0.2) is 376 Å². The monoisotopic (exact) mass is 1530 g/mol. The van der Waals surface area contributed by atoms with Crippen LogP contribution < -0.4 is 0 Å². The normalized spacial score (nSPS) is 11.7. The van der Waals surface area contributed by atoms with Gasteiger partial charge in [-0.05, 0) is 195 Å². The Hall–Kier alpha value is -12.3. The highest BCUT2D eigenvalue weighted by Gasteiger charge is 2.21. The number of para-hydroxylation sites is 6. The van der Waals surface area contributed by atoms with Crippen LogP contribution in [0.1, 0.15) is 0 Å². The van der Waals surface area contributed by atoms with Crippen LogP contribution >= 0.6 is 68.8 Å². The van der Waals surface area contributed by atoms with Crippen LogP contribution in [0, 0.1) is 0 Å². The fourth-order valence-electron chi connectivity index (χ4n) is 16.7. The van der Waals surface area contributed by atoms with Crippen LogP contribution in [0.4, 0.5) is 0 Å². The number of rotatable bonds is 8. The molecule has 0 saturated carbocycles. The van der Waals surface area contributed by atoms with E-state index in [4.69, 9.17) is 34.8 Å². The van der Waals surface area contributed by atoms with Gasteiger partial charge in [-0.1, -0.05) is 271 Å². The molecule has 0 spiro atoms. The third-order valence-corrected chi connectivity index (χ3v) is 26.4. The molecule has 0 atom stereocenters. The molecule has 0 aliphatic carbocycles. The molecule has 0 amide bonds. The SMILES string of the molecule is Clc1ccc(-c2cccc3c2sc2ccc(-c4ccc5c6ccccc6n(-c6ccccc6)c5c4)cc23)cc1.Clc1cccc(-c2cccc3c2sc2ccc(-c4ccc5c6ccccc6n(-c6ccccc6)c5c4)cc23)c1.Clc1cccc2c1sc1ccc(-c3ccc4c5ccccc5n(-c5ccccc5)c4c3)cc12. The summed E-state index contributed by atoms with van der Waals surface area (Å²) in [6, 6.07) is 135. The number of thiophene rings is 3. The minimum Gasteiger partial charge on any atom is -0.309 e. The average Bonchev–Trinajstić information content (AvgIpc) is 1.61. The van der Waals surface area contributed by atoms with Crippen LogP contribution in [0.3, 0.4) is 0 Å². The van der Waals surface area contributed by atoms with E-state index in [0.29, 0.717) is 0 Å². The summed E-state index contributed by atoms with van der Waals surface area (Å²) in [6.45, 7) is 0. The van der Waals surface area contributed by atoms with Crippen LogP contribution in [0.2, 0.25) is 15.1 Å². The lowest BCUT2D eigenvalue weighted by molar-refractivity contribution is 1.18. The summed E-state index contributed by atoms with van der Waals surface area (Å²) >= 11 is 24.4. The fraction of sp³-hybridized carbons (Fsp3) is 0. The van der Waals surface area contributed by atoms with E-state index in [1.54, 1.807) is 11.3 Å². The van der Waals surface area contributed by atoms with E-state index in [1.165, 1.54) is 188 Å². The third kappa shape index (κ3) is 11.7. The lowest BCUT2D eigenvalue weighted by Gasteiger charge is -2.09. The zero-order valence-electron chi connectivity index (χ0n) is 59.5. The Balaban J connectivity index is 0.000000106. The van der Waals surface area contributed by atoms with Crippen molar-refractivity contribution in [1.82, 2.24) is 13.7 Å². The van der Waals surface area contributed by atoms with Gasteiger partial charge in [0.15, 0.2) is 0 Å². The minimum absolute atomic E-state index is 0.759. The van der Waals surface area contributed by atoms with Gasteiger partial charge in [0.2, 0.25) is 0 Å². The Labute approximate surface area is 666 Å². The molecule has 0 radical (unpaired) electrons. The van der Waals surface area contributed by atoms with E-state index in [9.17, 15) is 0 Å². The second-order valence-corrected chi connectivity index (χ2v) is 32.6. The van der Waals surface area contributed by atoms with Gasteiger partial charge in [0, 0.05) is 115 Å². The largest absolute Gasteiger partial charge is 0.309 e. The summed E-state index contributed by atoms with van der Waals surface area (Å²) < 4.78 is 14.8. The van der Waals surface area contributed by atoms with Crippen LogP contribution in [0.5, 0.6) is 0 Å². The first-order valence-corrected chi connectivity index (χ1v) is 40.7. The first kappa shape index (κ1) is 66.8. The van der Waals surface area contributed by atoms with Crippen molar-refractivity contribution in [3.63, 3.8) is 0 Å². The van der Waals surface area contributed by atoms with Gasteiger partial charge >= 0.3 is 0 Å². The van der Waals surface area contributed by atoms with Gasteiger partial charge in [0.05, 0.1) is 42.8 Å². The number of hydrogen-bond acceptors (Lipinski definition) is 3. The van der Waals surface area contributed by atoms with E-state index in [1.807, 2.05) is 65.1 Å². The maximum Gasteiger partial charge on any atom is 0.0584 e. The van der Waals surface area contributed by atoms with E-state index >= 15 is 0 Å². The number of halogens is 3. The number of nitrogens with zero attached hydrogens (tertiary/aromatic N) is 3. The standard InChI is InChI=1S/2C36H22ClNS.C30H18ClNS/c37-26-9-6-8-25(20-26)28-13-7-14-31-32-21-23(17-19-35(32)39-36(28)31)24-16-18-30-29-12-4-5-15-33(29)38(34(30)22-24)27-10-2-1-3-11-27;37-26-17-13-23(14-18-26)28-10-6-11-31-32-21-24(16-20-35(32)39-36(28)31)25-15-19-30-29-9-4-5-12-33(29)38(34(30)22-25)27-7-2-1-3-8-27;31-26-11-6-10-24-25-17-19(14-16-29(25)33-30(24)26)20-13-15-23-22-9-4-5-12-27(22)32(28(23)18-20)21-7-2-1-3-8-21/h2*1-22H;1-18H. The molecule has 0 bridgehead atoms. The Kier molecular flexibility index (Phi) is 16.7. The molecule has 0 unspecified atom stereocenters. The Morgan fingerprint density at radius 3 is 0.910 bits per heavy atom. The summed E-state index contributed by atoms with van der Waals surface area (Å²) in [5, 5.41) is 17.6. The molecule has 9 heteroatoms. The maximum atomic E-state index is 6.47. The molecule has 524 valence electrons. The van der Waals surface area contributed by atoms with Crippen molar-refractivity contribution in [1.29, 1.82) is 0 Å². The van der Waals surface area contributed by atoms with Crippen LogP contribution in [-0.4, -0.2) is 13.7 Å². The van der Waals surface area contributed by atoms with Crippen LogP contribution in [0.25, 0.3) is 199 Å². The fourth-order valence-corrected chi connectivity index (χ4v) is 20.8. The Morgan fingerprint density at radius 2 is 0.495 bits per heavy atom. The second-order valence-electron chi connectivity index (χ2n) is 28.2. The summed E-state index contributed by atoms with van der Waals surface area (Å²) in [4.78, 5) is 0.